The summed E-state index contributed by atoms with van der Waals surface area (Å²) in [7, 11) is 1.41. The lowest BCUT2D eigenvalue weighted by Gasteiger charge is -2.12. The van der Waals surface area contributed by atoms with E-state index in [9.17, 15) is 14.0 Å². The van der Waals surface area contributed by atoms with Crippen LogP contribution in [0.3, 0.4) is 0 Å². The third kappa shape index (κ3) is 2.06. The molecule has 6 heteroatoms. The summed E-state index contributed by atoms with van der Waals surface area (Å²) in [5.74, 6) is -1.01. The van der Waals surface area contributed by atoms with Gasteiger partial charge in [-0.3, -0.25) is 9.69 Å². The number of nitrogens with zero attached hydrogens (tertiary/aromatic N) is 1. The van der Waals surface area contributed by atoms with Gasteiger partial charge in [-0.05, 0) is 12.1 Å². The van der Waals surface area contributed by atoms with Crippen molar-refractivity contribution < 1.29 is 18.7 Å². The van der Waals surface area contributed by atoms with E-state index in [1.54, 1.807) is 0 Å². The van der Waals surface area contributed by atoms with Gasteiger partial charge in [-0.2, -0.15) is 0 Å². The Morgan fingerprint density at radius 1 is 1.53 bits per heavy atom. The van der Waals surface area contributed by atoms with Gasteiger partial charge in [-0.15, -0.1) is 0 Å². The first kappa shape index (κ1) is 11.4. The molecule has 3 amide bonds. The molecule has 0 bridgehead atoms. The first-order valence-corrected chi connectivity index (χ1v) is 5.06. The van der Waals surface area contributed by atoms with Crippen LogP contribution >= 0.6 is 0 Å². The van der Waals surface area contributed by atoms with E-state index >= 15 is 0 Å². The molecule has 1 aromatic carbocycles. The maximum absolute atomic E-state index is 13.6. The molecule has 1 aromatic rings. The first-order valence-electron chi connectivity index (χ1n) is 5.06. The molecule has 0 aliphatic carbocycles. The predicted octanol–water partition coefficient (Wildman–Crippen LogP) is 1.000. The Bertz CT molecular complexity index is 476. The zero-order valence-electron chi connectivity index (χ0n) is 9.20. The number of hydrogen-bond donors (Lipinski definition) is 1. The Kier molecular flexibility index (Phi) is 2.95. The van der Waals surface area contributed by atoms with Gasteiger partial charge in [0.2, 0.25) is 0 Å². The van der Waals surface area contributed by atoms with Crippen LogP contribution in [0.5, 0.6) is 5.75 Å². The molecule has 5 nitrogen and oxygen atoms in total. The Labute approximate surface area is 97.2 Å². The van der Waals surface area contributed by atoms with Crippen molar-refractivity contribution in [3.8, 4) is 5.75 Å². The fraction of sp³-hybridized carbons (Fsp3) is 0.273. The van der Waals surface area contributed by atoms with Gasteiger partial charge in [-0.25, -0.2) is 9.18 Å². The lowest BCUT2D eigenvalue weighted by Crippen LogP contribution is -2.34. The summed E-state index contributed by atoms with van der Waals surface area (Å²) in [6.07, 6.45) is 0. The van der Waals surface area contributed by atoms with E-state index in [2.05, 4.69) is 5.32 Å². The maximum atomic E-state index is 13.6. The number of benzene rings is 1. The van der Waals surface area contributed by atoms with Crippen molar-refractivity contribution in [3.63, 3.8) is 0 Å². The molecule has 0 atom stereocenters. The molecule has 0 spiro atoms. The molecule has 1 saturated heterocycles. The second-order valence-corrected chi connectivity index (χ2v) is 3.53. The van der Waals surface area contributed by atoms with E-state index in [0.29, 0.717) is 12.3 Å². The summed E-state index contributed by atoms with van der Waals surface area (Å²) in [6, 6.07) is 3.40. The molecule has 17 heavy (non-hydrogen) atoms. The van der Waals surface area contributed by atoms with Crippen LogP contribution in [0.25, 0.3) is 0 Å². The molecule has 90 valence electrons. The van der Waals surface area contributed by atoms with Gasteiger partial charge in [0.25, 0.3) is 5.91 Å². The van der Waals surface area contributed by atoms with Gasteiger partial charge in [-0.1, -0.05) is 0 Å². The minimum absolute atomic E-state index is 0.136. The van der Waals surface area contributed by atoms with Crippen LogP contribution in [0.4, 0.5) is 9.18 Å². The number of imide groups is 1. The van der Waals surface area contributed by atoms with Crippen LogP contribution in [0.2, 0.25) is 0 Å². The van der Waals surface area contributed by atoms with Crippen LogP contribution in [0.1, 0.15) is 10.4 Å². The van der Waals surface area contributed by atoms with Crippen LogP contribution in [-0.2, 0) is 0 Å². The van der Waals surface area contributed by atoms with E-state index in [-0.39, 0.29) is 12.1 Å². The lowest BCUT2D eigenvalue weighted by atomic mass is 10.2. The number of amides is 3. The third-order valence-corrected chi connectivity index (χ3v) is 2.51. The molecule has 2 rings (SSSR count). The van der Waals surface area contributed by atoms with Crippen LogP contribution in [0.15, 0.2) is 18.2 Å². The number of methoxy groups -OCH3 is 1. The summed E-state index contributed by atoms with van der Waals surface area (Å²) >= 11 is 0. The molecule has 1 fully saturated rings. The molecular formula is C11H11FN2O3. The maximum Gasteiger partial charge on any atom is 0.324 e. The van der Waals surface area contributed by atoms with E-state index in [4.69, 9.17) is 4.74 Å². The molecule has 0 saturated carbocycles. The minimum atomic E-state index is -0.700. The van der Waals surface area contributed by atoms with Crippen LogP contribution in [0, 0.1) is 5.82 Å². The number of rotatable bonds is 2. The zero-order valence-corrected chi connectivity index (χ0v) is 9.20. The highest BCUT2D eigenvalue weighted by Gasteiger charge is 2.28. The second kappa shape index (κ2) is 4.40. The quantitative estimate of drug-likeness (QED) is 0.836. The van der Waals surface area contributed by atoms with Crippen molar-refractivity contribution in [1.29, 1.82) is 0 Å². The lowest BCUT2D eigenvalue weighted by molar-refractivity contribution is 0.0825. The third-order valence-electron chi connectivity index (χ3n) is 2.51. The van der Waals surface area contributed by atoms with E-state index in [1.165, 1.54) is 19.2 Å². The largest absolute Gasteiger partial charge is 0.497 e. The van der Waals surface area contributed by atoms with E-state index in [0.717, 1.165) is 11.0 Å². The van der Waals surface area contributed by atoms with Crippen molar-refractivity contribution in [2.45, 2.75) is 0 Å². The highest BCUT2D eigenvalue weighted by molar-refractivity contribution is 6.05. The normalized spacial score (nSPS) is 14.7. The van der Waals surface area contributed by atoms with E-state index in [1.807, 2.05) is 0 Å². The summed E-state index contributed by atoms with van der Waals surface area (Å²) < 4.78 is 18.4. The summed E-state index contributed by atoms with van der Waals surface area (Å²) in [6.45, 7) is 0.644. The van der Waals surface area contributed by atoms with E-state index < -0.39 is 17.8 Å². The molecule has 1 heterocycles. The van der Waals surface area contributed by atoms with Crippen LogP contribution in [-0.4, -0.2) is 37.0 Å². The fourth-order valence-corrected chi connectivity index (χ4v) is 1.61. The predicted molar refractivity (Wildman–Crippen MR) is 57.4 cm³/mol. The Hall–Kier alpha value is -2.11. The first-order chi connectivity index (χ1) is 8.13. The number of hydrogen-bond acceptors (Lipinski definition) is 3. The highest BCUT2D eigenvalue weighted by Crippen LogP contribution is 2.18. The number of ether oxygens (including phenoxy) is 1. The SMILES string of the molecule is COc1ccc(C(=O)N2CCNC2=O)c(F)c1. The Balaban J connectivity index is 2.28. The summed E-state index contributed by atoms with van der Waals surface area (Å²) in [4.78, 5) is 24.1. The number of urea groups is 1. The zero-order chi connectivity index (χ0) is 12.4. The number of carbonyl (C=O) groups excluding carboxylic acids is 2. The standard InChI is InChI=1S/C11H11FN2O3/c1-17-7-2-3-8(9(12)6-7)10(15)14-5-4-13-11(14)16/h2-3,6H,4-5H2,1H3,(H,13,16). The van der Waals surface area contributed by atoms with Gasteiger partial charge >= 0.3 is 6.03 Å². The van der Waals surface area contributed by atoms with Gasteiger partial charge in [0.1, 0.15) is 11.6 Å². The van der Waals surface area contributed by atoms with Crippen molar-refractivity contribution in [2.24, 2.45) is 0 Å². The molecule has 0 radical (unpaired) electrons. The monoisotopic (exact) mass is 238 g/mol. The highest BCUT2D eigenvalue weighted by atomic mass is 19.1. The average Bonchev–Trinajstić information content (AvgIpc) is 2.74. The van der Waals surface area contributed by atoms with Gasteiger partial charge < -0.3 is 10.1 Å². The van der Waals surface area contributed by atoms with Crippen molar-refractivity contribution in [2.75, 3.05) is 20.2 Å². The molecule has 1 aliphatic heterocycles. The molecule has 0 aromatic heterocycles. The van der Waals surface area contributed by atoms with Crippen molar-refractivity contribution >= 4 is 11.9 Å². The van der Waals surface area contributed by atoms with Crippen LogP contribution < -0.4 is 10.1 Å². The summed E-state index contributed by atoms with van der Waals surface area (Å²) in [5.41, 5.74) is -0.136. The Morgan fingerprint density at radius 2 is 2.29 bits per heavy atom. The second-order valence-electron chi connectivity index (χ2n) is 3.53. The van der Waals surface area contributed by atoms with Crippen molar-refractivity contribution in [3.05, 3.63) is 29.6 Å². The number of halogens is 1. The molecular weight excluding hydrogens is 227 g/mol. The molecule has 1 N–H and O–H groups in total. The summed E-state index contributed by atoms with van der Waals surface area (Å²) in [5, 5.41) is 2.48. The minimum Gasteiger partial charge on any atom is -0.497 e. The fourth-order valence-electron chi connectivity index (χ4n) is 1.61. The number of nitrogens with one attached hydrogen (secondary N) is 1. The van der Waals surface area contributed by atoms with Gasteiger partial charge in [0.15, 0.2) is 0 Å². The Morgan fingerprint density at radius 3 is 2.82 bits per heavy atom. The molecule has 0 unspecified atom stereocenters. The van der Waals surface area contributed by atoms with Gasteiger partial charge in [0, 0.05) is 19.2 Å². The molecule has 1 aliphatic rings. The topological polar surface area (TPSA) is 58.6 Å². The van der Waals surface area contributed by atoms with Gasteiger partial charge in [0.05, 0.1) is 12.7 Å². The van der Waals surface area contributed by atoms with Crippen molar-refractivity contribution in [1.82, 2.24) is 10.2 Å². The average molecular weight is 238 g/mol. The smallest absolute Gasteiger partial charge is 0.324 e. The number of carbonyl (C=O) groups is 2.